The number of carbonyl (C=O) groups is 1. The highest BCUT2D eigenvalue weighted by atomic mass is 16.5. The molecule has 1 aromatic carbocycles. The van der Waals surface area contributed by atoms with Crippen LogP contribution in [0.1, 0.15) is 49.4 Å². The van der Waals surface area contributed by atoms with Crippen LogP contribution in [0, 0.1) is 6.92 Å². The number of rotatable bonds is 8. The number of para-hydroxylation sites is 1. The number of unbranched alkanes of at least 4 members (excludes halogenated alkanes) is 1. The molecule has 2 heterocycles. The molecule has 28 heavy (non-hydrogen) atoms. The summed E-state index contributed by atoms with van der Waals surface area (Å²) in [6.45, 7) is 7.12. The number of aromatic nitrogens is 1. The quantitative estimate of drug-likeness (QED) is 0.755. The number of nitrogens with one attached hydrogen (secondary N) is 1. The number of carbonyl (C=O) groups excluding carboxylic acids is 1. The van der Waals surface area contributed by atoms with Crippen molar-refractivity contribution in [2.24, 2.45) is 0 Å². The first-order valence-electron chi connectivity index (χ1n) is 10.3. The van der Waals surface area contributed by atoms with E-state index in [4.69, 9.17) is 4.74 Å². The molecule has 1 unspecified atom stereocenters. The predicted molar refractivity (Wildman–Crippen MR) is 111 cm³/mol. The monoisotopic (exact) mass is 381 g/mol. The van der Waals surface area contributed by atoms with E-state index < -0.39 is 0 Å². The molecule has 0 aliphatic carbocycles. The third-order valence-corrected chi connectivity index (χ3v) is 5.23. The first-order chi connectivity index (χ1) is 13.7. The molecule has 0 radical (unpaired) electrons. The van der Waals surface area contributed by atoms with Crippen LogP contribution in [0.4, 0.5) is 0 Å². The van der Waals surface area contributed by atoms with Gasteiger partial charge in [-0.1, -0.05) is 37.6 Å². The largest absolute Gasteiger partial charge is 0.489 e. The third kappa shape index (κ3) is 5.80. The summed E-state index contributed by atoms with van der Waals surface area (Å²) in [6, 6.07) is 12.2. The van der Waals surface area contributed by atoms with Crippen molar-refractivity contribution < 1.29 is 9.53 Å². The van der Waals surface area contributed by atoms with Crippen LogP contribution in [-0.4, -0.2) is 35.0 Å². The minimum atomic E-state index is 0.0635. The first kappa shape index (κ1) is 20.3. The zero-order chi connectivity index (χ0) is 19.8. The van der Waals surface area contributed by atoms with E-state index in [1.807, 2.05) is 25.1 Å². The van der Waals surface area contributed by atoms with E-state index in [0.29, 0.717) is 13.0 Å². The van der Waals surface area contributed by atoms with Gasteiger partial charge in [-0.05, 0) is 37.5 Å². The lowest BCUT2D eigenvalue weighted by Crippen LogP contribution is -2.36. The normalized spacial score (nSPS) is 16.7. The van der Waals surface area contributed by atoms with Crippen LogP contribution in [-0.2, 0) is 17.9 Å². The van der Waals surface area contributed by atoms with E-state index >= 15 is 0 Å². The maximum atomic E-state index is 12.4. The highest BCUT2D eigenvalue weighted by Crippen LogP contribution is 2.26. The number of benzene rings is 1. The molecule has 0 spiro atoms. The van der Waals surface area contributed by atoms with Gasteiger partial charge in [-0.25, -0.2) is 0 Å². The van der Waals surface area contributed by atoms with Crippen LogP contribution in [0.3, 0.4) is 0 Å². The molecule has 0 fully saturated rings. The molecule has 5 nitrogen and oxygen atoms in total. The van der Waals surface area contributed by atoms with Crippen LogP contribution in [0.15, 0.2) is 42.6 Å². The van der Waals surface area contributed by atoms with Gasteiger partial charge in [0.15, 0.2) is 0 Å². The van der Waals surface area contributed by atoms with Crippen molar-refractivity contribution in [2.75, 3.05) is 13.1 Å². The topological polar surface area (TPSA) is 54.5 Å². The summed E-state index contributed by atoms with van der Waals surface area (Å²) < 4.78 is 6.26. The number of aryl methyl sites for hydroxylation is 1. The van der Waals surface area contributed by atoms with Gasteiger partial charge in [0.05, 0.1) is 12.2 Å². The maximum absolute atomic E-state index is 12.4. The number of ether oxygens (including phenoxy) is 1. The Kier molecular flexibility index (Phi) is 7.43. The fourth-order valence-electron chi connectivity index (χ4n) is 3.55. The molecule has 2 aromatic rings. The maximum Gasteiger partial charge on any atom is 0.221 e. The van der Waals surface area contributed by atoms with E-state index in [1.54, 1.807) is 6.20 Å². The van der Waals surface area contributed by atoms with E-state index in [0.717, 1.165) is 55.9 Å². The Morgan fingerprint density at radius 1 is 1.29 bits per heavy atom. The molecule has 150 valence electrons. The average molecular weight is 382 g/mol. The van der Waals surface area contributed by atoms with Gasteiger partial charge < -0.3 is 10.1 Å². The Hall–Kier alpha value is -2.40. The Morgan fingerprint density at radius 2 is 2.14 bits per heavy atom. The molecule has 1 atom stereocenters. The summed E-state index contributed by atoms with van der Waals surface area (Å²) in [4.78, 5) is 19.0. The van der Waals surface area contributed by atoms with Gasteiger partial charge in [0.2, 0.25) is 5.91 Å². The number of fused-ring (bicyclic) bond motifs is 1. The highest BCUT2D eigenvalue weighted by molar-refractivity contribution is 5.76. The second kappa shape index (κ2) is 10.2. The van der Waals surface area contributed by atoms with Gasteiger partial charge in [0.1, 0.15) is 11.9 Å². The van der Waals surface area contributed by atoms with Crippen molar-refractivity contribution in [2.45, 2.75) is 58.7 Å². The zero-order valence-corrected chi connectivity index (χ0v) is 17.0. The molecule has 1 amide bonds. The van der Waals surface area contributed by atoms with Crippen molar-refractivity contribution in [3.63, 3.8) is 0 Å². The fraction of sp³-hybridized carbons (Fsp3) is 0.478. The first-order valence-corrected chi connectivity index (χ1v) is 10.3. The van der Waals surface area contributed by atoms with Gasteiger partial charge in [0.25, 0.3) is 0 Å². The number of pyridine rings is 1. The summed E-state index contributed by atoms with van der Waals surface area (Å²) in [7, 11) is 0. The van der Waals surface area contributed by atoms with E-state index in [-0.39, 0.29) is 12.0 Å². The second-order valence-electron chi connectivity index (χ2n) is 7.52. The van der Waals surface area contributed by atoms with Crippen molar-refractivity contribution in [3.05, 3.63) is 59.4 Å². The Bertz CT molecular complexity index is 778. The third-order valence-electron chi connectivity index (χ3n) is 5.23. The fourth-order valence-corrected chi connectivity index (χ4v) is 3.55. The molecule has 0 saturated heterocycles. The minimum Gasteiger partial charge on any atom is -0.489 e. The number of hydrogen-bond acceptors (Lipinski definition) is 4. The van der Waals surface area contributed by atoms with E-state index in [1.165, 1.54) is 5.56 Å². The number of amides is 1. The van der Waals surface area contributed by atoms with Crippen molar-refractivity contribution >= 4 is 5.91 Å². The highest BCUT2D eigenvalue weighted by Gasteiger charge is 2.22. The number of hydrogen-bond donors (Lipinski definition) is 1. The van der Waals surface area contributed by atoms with Gasteiger partial charge >= 0.3 is 0 Å². The van der Waals surface area contributed by atoms with Gasteiger partial charge in [-0.3, -0.25) is 14.7 Å². The molecule has 5 heteroatoms. The second-order valence-corrected chi connectivity index (χ2v) is 7.52. The lowest BCUT2D eigenvalue weighted by molar-refractivity contribution is -0.121. The Balaban J connectivity index is 1.54. The molecule has 3 rings (SSSR count). The average Bonchev–Trinajstić information content (AvgIpc) is 2.88. The van der Waals surface area contributed by atoms with Gasteiger partial charge in [-0.15, -0.1) is 0 Å². The van der Waals surface area contributed by atoms with E-state index in [2.05, 4.69) is 40.3 Å². The van der Waals surface area contributed by atoms with Crippen molar-refractivity contribution in [1.82, 2.24) is 15.2 Å². The molecule has 1 aromatic heterocycles. The molecular formula is C23H31N3O2. The molecule has 0 bridgehead atoms. The van der Waals surface area contributed by atoms with Crippen LogP contribution in [0.5, 0.6) is 5.75 Å². The SMILES string of the molecule is CCCCC1CN(CCC(=O)NCc2ncccc2C)Cc2ccccc2O1. The summed E-state index contributed by atoms with van der Waals surface area (Å²) in [5.74, 6) is 1.05. The molecule has 1 aliphatic rings. The molecule has 1 N–H and O–H groups in total. The molecule has 0 saturated carbocycles. The van der Waals surface area contributed by atoms with Crippen molar-refractivity contribution in [3.8, 4) is 5.75 Å². The van der Waals surface area contributed by atoms with Gasteiger partial charge in [-0.2, -0.15) is 0 Å². The zero-order valence-electron chi connectivity index (χ0n) is 17.0. The Labute approximate surface area is 168 Å². The summed E-state index contributed by atoms with van der Waals surface area (Å²) in [5, 5.41) is 3.00. The summed E-state index contributed by atoms with van der Waals surface area (Å²) in [5.41, 5.74) is 3.22. The molecule has 1 aliphatic heterocycles. The lowest BCUT2D eigenvalue weighted by atomic mass is 10.1. The minimum absolute atomic E-state index is 0.0635. The summed E-state index contributed by atoms with van der Waals surface area (Å²) >= 11 is 0. The van der Waals surface area contributed by atoms with Crippen LogP contribution >= 0.6 is 0 Å². The van der Waals surface area contributed by atoms with E-state index in [9.17, 15) is 4.79 Å². The van der Waals surface area contributed by atoms with Gasteiger partial charge in [0, 0.05) is 37.8 Å². The van der Waals surface area contributed by atoms with Crippen LogP contribution in [0.2, 0.25) is 0 Å². The standard InChI is InChI=1S/C23H31N3O2/c1-3-4-10-20-17-26(16-19-9-5-6-11-22(19)28-20)14-12-23(27)25-15-21-18(2)8-7-13-24-21/h5-9,11,13,20H,3-4,10,12,14-17H2,1-2H3,(H,25,27). The van der Waals surface area contributed by atoms with Crippen LogP contribution in [0.25, 0.3) is 0 Å². The van der Waals surface area contributed by atoms with Crippen LogP contribution < -0.4 is 10.1 Å². The summed E-state index contributed by atoms with van der Waals surface area (Å²) in [6.07, 6.45) is 5.80. The smallest absolute Gasteiger partial charge is 0.221 e. The lowest BCUT2D eigenvalue weighted by Gasteiger charge is -2.23. The molecular weight excluding hydrogens is 350 g/mol. The number of nitrogens with zero attached hydrogens (tertiary/aromatic N) is 2. The Morgan fingerprint density at radius 3 is 2.96 bits per heavy atom. The predicted octanol–water partition coefficient (Wildman–Crippen LogP) is 3.85. The van der Waals surface area contributed by atoms with Crippen molar-refractivity contribution in [1.29, 1.82) is 0 Å².